The fourth-order valence-electron chi connectivity index (χ4n) is 1.96. The van der Waals surface area contributed by atoms with Crippen LogP contribution in [0.2, 0.25) is 0 Å². The molecule has 3 nitrogen and oxygen atoms in total. The third-order valence-corrected chi connectivity index (χ3v) is 3.49. The fraction of sp³-hybridized carbons (Fsp3) is 0.357. The van der Waals surface area contributed by atoms with E-state index in [-0.39, 0.29) is 12.1 Å². The number of benzene rings is 1. The lowest BCUT2D eigenvalue weighted by Crippen LogP contribution is -2.15. The van der Waals surface area contributed by atoms with Gasteiger partial charge in [0.2, 0.25) is 0 Å². The van der Waals surface area contributed by atoms with Gasteiger partial charge in [0, 0.05) is 10.5 Å². The minimum Gasteiger partial charge on any atom is -0.466 e. The molecule has 0 bridgehead atoms. The Morgan fingerprint density at radius 2 is 2.17 bits per heavy atom. The van der Waals surface area contributed by atoms with Crippen molar-refractivity contribution in [2.75, 3.05) is 13.7 Å². The first-order valence-electron chi connectivity index (χ1n) is 5.83. The summed E-state index contributed by atoms with van der Waals surface area (Å²) in [6.45, 7) is 0.496. The van der Waals surface area contributed by atoms with Gasteiger partial charge in [-0.05, 0) is 36.1 Å². The summed E-state index contributed by atoms with van der Waals surface area (Å²) in [5.41, 5.74) is 2.17. The smallest absolute Gasteiger partial charge is 0.330 e. The zero-order chi connectivity index (χ0) is 13.0. The summed E-state index contributed by atoms with van der Waals surface area (Å²) in [5, 5.41) is 0. The summed E-state index contributed by atoms with van der Waals surface area (Å²) in [6, 6.07) is 8.14. The first-order chi connectivity index (χ1) is 8.69. The summed E-state index contributed by atoms with van der Waals surface area (Å²) in [5.74, 6) is -0.310. The van der Waals surface area contributed by atoms with Gasteiger partial charge in [0.25, 0.3) is 0 Å². The molecule has 0 spiro atoms. The van der Waals surface area contributed by atoms with Crippen LogP contribution in [-0.4, -0.2) is 19.7 Å². The van der Waals surface area contributed by atoms with E-state index in [1.54, 1.807) is 0 Å². The molecule has 0 N–H and O–H groups in total. The molecule has 1 saturated heterocycles. The zero-order valence-electron chi connectivity index (χ0n) is 10.2. The summed E-state index contributed by atoms with van der Waals surface area (Å²) in [6.07, 6.45) is 3.41. The highest BCUT2D eigenvalue weighted by Crippen LogP contribution is 2.30. The van der Waals surface area contributed by atoms with Gasteiger partial charge in [0.15, 0.2) is 0 Å². The van der Waals surface area contributed by atoms with Crippen molar-refractivity contribution in [2.24, 2.45) is 0 Å². The van der Waals surface area contributed by atoms with Crippen LogP contribution in [0.3, 0.4) is 0 Å². The molecule has 18 heavy (non-hydrogen) atoms. The molecule has 0 amide bonds. The number of halogens is 1. The van der Waals surface area contributed by atoms with Gasteiger partial charge in [-0.2, -0.15) is 0 Å². The molecule has 1 aliphatic rings. The second-order valence-electron chi connectivity index (χ2n) is 4.22. The van der Waals surface area contributed by atoms with E-state index in [1.165, 1.54) is 18.7 Å². The Morgan fingerprint density at radius 3 is 2.72 bits per heavy atom. The van der Waals surface area contributed by atoms with E-state index in [1.807, 2.05) is 12.1 Å². The van der Waals surface area contributed by atoms with E-state index < -0.39 is 0 Å². The number of carbonyl (C=O) groups is 1. The van der Waals surface area contributed by atoms with Crippen LogP contribution in [0.4, 0.5) is 0 Å². The molecule has 96 valence electrons. The van der Waals surface area contributed by atoms with Crippen molar-refractivity contribution in [1.29, 1.82) is 0 Å². The molecule has 1 aliphatic heterocycles. The Labute approximate surface area is 115 Å². The molecule has 1 atom stereocenters. The predicted octanol–water partition coefficient (Wildman–Crippen LogP) is 3.40. The van der Waals surface area contributed by atoms with Gasteiger partial charge in [-0.15, -0.1) is 0 Å². The van der Waals surface area contributed by atoms with Crippen molar-refractivity contribution in [2.45, 2.75) is 18.9 Å². The van der Waals surface area contributed by atoms with E-state index in [0.29, 0.717) is 6.61 Å². The summed E-state index contributed by atoms with van der Waals surface area (Å²) in [4.78, 5) is 11.1. The molecule has 1 unspecified atom stereocenters. The number of rotatable bonds is 2. The quantitative estimate of drug-likeness (QED) is 0.620. The van der Waals surface area contributed by atoms with Crippen LogP contribution >= 0.6 is 15.9 Å². The van der Waals surface area contributed by atoms with Gasteiger partial charge in [-0.3, -0.25) is 0 Å². The van der Waals surface area contributed by atoms with E-state index in [4.69, 9.17) is 4.74 Å². The first-order valence-corrected chi connectivity index (χ1v) is 6.63. The Balaban J connectivity index is 1.96. The van der Waals surface area contributed by atoms with E-state index in [0.717, 1.165) is 22.9 Å². The molecule has 0 saturated carbocycles. The van der Waals surface area contributed by atoms with E-state index in [9.17, 15) is 4.79 Å². The standard InChI is InChI=1S/C14H15BrO3/c1-17-14(16)8-10-2-7-13(18-9-10)11-3-5-12(15)6-4-11/h3-6,8,13H,2,7,9H2,1H3/b10-8+. The Kier molecular flexibility index (Phi) is 4.55. The minimum atomic E-state index is -0.310. The second kappa shape index (κ2) is 6.16. The third-order valence-electron chi connectivity index (χ3n) is 2.96. The SMILES string of the molecule is COC(=O)/C=C1\CCC(c2ccc(Br)cc2)OC1. The van der Waals surface area contributed by atoms with Crippen molar-refractivity contribution in [3.63, 3.8) is 0 Å². The maximum absolute atomic E-state index is 11.1. The molecule has 1 aromatic rings. The normalized spacial score (nSPS) is 21.9. The maximum atomic E-state index is 11.1. The topological polar surface area (TPSA) is 35.5 Å². The van der Waals surface area contributed by atoms with Gasteiger partial charge < -0.3 is 9.47 Å². The number of hydrogen-bond donors (Lipinski definition) is 0. The molecule has 0 radical (unpaired) electrons. The van der Waals surface area contributed by atoms with Gasteiger partial charge in [0.1, 0.15) is 0 Å². The number of hydrogen-bond acceptors (Lipinski definition) is 3. The van der Waals surface area contributed by atoms with Gasteiger partial charge >= 0.3 is 5.97 Å². The van der Waals surface area contributed by atoms with Crippen LogP contribution in [0.25, 0.3) is 0 Å². The molecule has 1 aromatic carbocycles. The lowest BCUT2D eigenvalue weighted by Gasteiger charge is -2.25. The van der Waals surface area contributed by atoms with Crippen LogP contribution in [0, 0.1) is 0 Å². The van der Waals surface area contributed by atoms with Crippen LogP contribution in [0.5, 0.6) is 0 Å². The largest absolute Gasteiger partial charge is 0.466 e. The molecule has 0 aliphatic carbocycles. The molecule has 1 fully saturated rings. The molecule has 4 heteroatoms. The van der Waals surface area contributed by atoms with Gasteiger partial charge in [-0.25, -0.2) is 4.79 Å². The predicted molar refractivity (Wildman–Crippen MR) is 72.2 cm³/mol. The summed E-state index contributed by atoms with van der Waals surface area (Å²) in [7, 11) is 1.38. The molecular weight excluding hydrogens is 296 g/mol. The van der Waals surface area contributed by atoms with Crippen molar-refractivity contribution < 1.29 is 14.3 Å². The molecule has 2 rings (SSSR count). The number of esters is 1. The lowest BCUT2D eigenvalue weighted by atomic mass is 9.98. The highest BCUT2D eigenvalue weighted by atomic mass is 79.9. The fourth-order valence-corrected chi connectivity index (χ4v) is 2.22. The van der Waals surface area contributed by atoms with Crippen molar-refractivity contribution in [1.82, 2.24) is 0 Å². The number of methoxy groups -OCH3 is 1. The number of ether oxygens (including phenoxy) is 2. The van der Waals surface area contributed by atoms with Gasteiger partial charge in [-0.1, -0.05) is 28.1 Å². The zero-order valence-corrected chi connectivity index (χ0v) is 11.8. The van der Waals surface area contributed by atoms with E-state index in [2.05, 4.69) is 32.8 Å². The van der Waals surface area contributed by atoms with Crippen molar-refractivity contribution in [3.05, 3.63) is 46.0 Å². The minimum absolute atomic E-state index is 0.118. The molecule has 1 heterocycles. The van der Waals surface area contributed by atoms with Crippen LogP contribution in [0.1, 0.15) is 24.5 Å². The maximum Gasteiger partial charge on any atom is 0.330 e. The highest BCUT2D eigenvalue weighted by molar-refractivity contribution is 9.10. The van der Waals surface area contributed by atoms with Crippen LogP contribution in [-0.2, 0) is 14.3 Å². The highest BCUT2D eigenvalue weighted by Gasteiger charge is 2.19. The Hall–Kier alpha value is -1.13. The Morgan fingerprint density at radius 1 is 1.44 bits per heavy atom. The van der Waals surface area contributed by atoms with Crippen molar-refractivity contribution in [3.8, 4) is 0 Å². The van der Waals surface area contributed by atoms with Crippen molar-refractivity contribution >= 4 is 21.9 Å². The second-order valence-corrected chi connectivity index (χ2v) is 5.13. The van der Waals surface area contributed by atoms with Gasteiger partial charge in [0.05, 0.1) is 19.8 Å². The average Bonchev–Trinajstić information content (AvgIpc) is 2.40. The Bertz CT molecular complexity index is 441. The monoisotopic (exact) mass is 310 g/mol. The molecular formula is C14H15BrO3. The molecule has 0 aromatic heterocycles. The third kappa shape index (κ3) is 3.43. The van der Waals surface area contributed by atoms with Crippen LogP contribution < -0.4 is 0 Å². The lowest BCUT2D eigenvalue weighted by molar-refractivity contribution is -0.135. The summed E-state index contributed by atoms with van der Waals surface area (Å²) >= 11 is 3.41. The van der Waals surface area contributed by atoms with Crippen LogP contribution in [0.15, 0.2) is 40.4 Å². The first kappa shape index (κ1) is 13.3. The summed E-state index contributed by atoms with van der Waals surface area (Å²) < 4.78 is 11.4. The van der Waals surface area contributed by atoms with E-state index >= 15 is 0 Å². The average molecular weight is 311 g/mol. The number of carbonyl (C=O) groups excluding carboxylic acids is 1.